The van der Waals surface area contributed by atoms with Crippen LogP contribution >= 0.6 is 11.8 Å². The molecule has 0 bridgehead atoms. The van der Waals surface area contributed by atoms with Crippen LogP contribution in [0.2, 0.25) is 0 Å². The van der Waals surface area contributed by atoms with Crippen LogP contribution in [-0.2, 0) is 4.79 Å². The van der Waals surface area contributed by atoms with E-state index < -0.39 is 0 Å². The molecule has 1 aliphatic rings. The normalized spacial score (nSPS) is 23.7. The zero-order valence-corrected chi connectivity index (χ0v) is 11.3. The van der Waals surface area contributed by atoms with Gasteiger partial charge in [0.2, 0.25) is 5.91 Å². The van der Waals surface area contributed by atoms with Gasteiger partial charge in [-0.1, -0.05) is 12.1 Å². The average Bonchev–Trinajstić information content (AvgIpc) is 2.64. The number of hydrogen-bond donors (Lipinski definition) is 1. The summed E-state index contributed by atoms with van der Waals surface area (Å²) in [7, 11) is 1.87. The maximum atomic E-state index is 12.9. The van der Waals surface area contributed by atoms with Crippen LogP contribution in [0.1, 0.15) is 17.9 Å². The van der Waals surface area contributed by atoms with Crippen molar-refractivity contribution in [1.29, 1.82) is 0 Å². The summed E-state index contributed by atoms with van der Waals surface area (Å²) in [5.41, 5.74) is 0.982. The summed E-state index contributed by atoms with van der Waals surface area (Å²) >= 11 is 1.62. The van der Waals surface area contributed by atoms with Crippen LogP contribution in [0, 0.1) is 5.82 Å². The smallest absolute Gasteiger partial charge is 0.236 e. The number of thioether (sulfide) groups is 1. The SMILES string of the molecule is CNCCN1C(=O)C(C)SC1c1ccc(F)cc1. The highest BCUT2D eigenvalue weighted by Crippen LogP contribution is 2.42. The fourth-order valence-electron chi connectivity index (χ4n) is 2.02. The topological polar surface area (TPSA) is 32.3 Å². The second-order valence-corrected chi connectivity index (χ2v) is 5.74. The lowest BCUT2D eigenvalue weighted by Gasteiger charge is -2.24. The molecule has 1 aliphatic heterocycles. The Hall–Kier alpha value is -1.07. The van der Waals surface area contributed by atoms with Crippen LogP contribution in [-0.4, -0.2) is 36.2 Å². The molecule has 1 saturated heterocycles. The number of nitrogens with one attached hydrogen (secondary N) is 1. The van der Waals surface area contributed by atoms with E-state index >= 15 is 0 Å². The molecule has 0 aromatic heterocycles. The van der Waals surface area contributed by atoms with Gasteiger partial charge in [-0.3, -0.25) is 4.79 Å². The maximum absolute atomic E-state index is 12.9. The molecule has 2 atom stereocenters. The summed E-state index contributed by atoms with van der Waals surface area (Å²) in [6, 6.07) is 6.40. The Morgan fingerprint density at radius 1 is 1.39 bits per heavy atom. The van der Waals surface area contributed by atoms with E-state index in [0.717, 1.165) is 12.1 Å². The third kappa shape index (κ3) is 2.67. The summed E-state index contributed by atoms with van der Waals surface area (Å²) in [4.78, 5) is 13.9. The van der Waals surface area contributed by atoms with Crippen molar-refractivity contribution in [3.05, 3.63) is 35.6 Å². The van der Waals surface area contributed by atoms with Crippen molar-refractivity contribution in [3.8, 4) is 0 Å². The lowest BCUT2D eigenvalue weighted by Crippen LogP contribution is -2.35. The molecule has 0 saturated carbocycles. The van der Waals surface area contributed by atoms with Crippen molar-refractivity contribution in [3.63, 3.8) is 0 Å². The number of halogens is 1. The Labute approximate surface area is 111 Å². The first kappa shape index (κ1) is 13.4. The average molecular weight is 268 g/mol. The van der Waals surface area contributed by atoms with Crippen molar-refractivity contribution in [2.45, 2.75) is 17.5 Å². The molecule has 1 fully saturated rings. The van der Waals surface area contributed by atoms with Crippen molar-refractivity contribution in [1.82, 2.24) is 10.2 Å². The molecule has 1 aromatic carbocycles. The van der Waals surface area contributed by atoms with Gasteiger partial charge >= 0.3 is 0 Å². The second kappa shape index (κ2) is 5.71. The number of carbonyl (C=O) groups is 1. The van der Waals surface area contributed by atoms with Gasteiger partial charge in [0.15, 0.2) is 0 Å². The monoisotopic (exact) mass is 268 g/mol. The molecule has 3 nitrogen and oxygen atoms in total. The van der Waals surface area contributed by atoms with E-state index in [0.29, 0.717) is 6.54 Å². The molecule has 1 aromatic rings. The number of carbonyl (C=O) groups excluding carboxylic acids is 1. The minimum Gasteiger partial charge on any atom is -0.324 e. The molecular formula is C13H17FN2OS. The van der Waals surface area contributed by atoms with Gasteiger partial charge in [0.05, 0.1) is 5.25 Å². The van der Waals surface area contributed by atoms with Gasteiger partial charge < -0.3 is 10.2 Å². The summed E-state index contributed by atoms with van der Waals surface area (Å²) in [6.45, 7) is 3.36. The van der Waals surface area contributed by atoms with Crippen LogP contribution in [0.3, 0.4) is 0 Å². The number of nitrogens with zero attached hydrogens (tertiary/aromatic N) is 1. The van der Waals surface area contributed by atoms with Gasteiger partial charge in [-0.25, -0.2) is 4.39 Å². The first-order valence-corrected chi connectivity index (χ1v) is 6.93. The second-order valence-electron chi connectivity index (χ2n) is 4.32. The van der Waals surface area contributed by atoms with E-state index in [1.54, 1.807) is 23.9 Å². The molecule has 18 heavy (non-hydrogen) atoms. The molecule has 1 heterocycles. The standard InChI is InChI=1S/C13H17FN2OS/c1-9-12(17)16(8-7-15-2)13(18-9)10-3-5-11(14)6-4-10/h3-6,9,13,15H,7-8H2,1-2H3. The van der Waals surface area contributed by atoms with Gasteiger partial charge in [0, 0.05) is 13.1 Å². The van der Waals surface area contributed by atoms with Crippen LogP contribution in [0.25, 0.3) is 0 Å². The van der Waals surface area contributed by atoms with Crippen LogP contribution < -0.4 is 5.32 Å². The highest BCUT2D eigenvalue weighted by molar-refractivity contribution is 8.01. The highest BCUT2D eigenvalue weighted by atomic mass is 32.2. The predicted molar refractivity (Wildman–Crippen MR) is 71.8 cm³/mol. The summed E-state index contributed by atoms with van der Waals surface area (Å²) in [5, 5.41) is 3.02. The number of amides is 1. The van der Waals surface area contributed by atoms with E-state index in [1.807, 2.05) is 18.9 Å². The number of likely N-dealkylation sites (N-methyl/N-ethyl adjacent to an activating group) is 1. The Balaban J connectivity index is 2.19. The Bertz CT molecular complexity index is 424. The van der Waals surface area contributed by atoms with E-state index in [1.165, 1.54) is 12.1 Å². The van der Waals surface area contributed by atoms with E-state index in [9.17, 15) is 9.18 Å². The third-order valence-corrected chi connectivity index (χ3v) is 4.40. The minimum absolute atomic E-state index is 0.00134. The molecule has 0 radical (unpaired) electrons. The largest absolute Gasteiger partial charge is 0.324 e. The molecule has 2 unspecified atom stereocenters. The first-order valence-electron chi connectivity index (χ1n) is 5.99. The highest BCUT2D eigenvalue weighted by Gasteiger charge is 2.37. The number of hydrogen-bond acceptors (Lipinski definition) is 3. The summed E-state index contributed by atoms with van der Waals surface area (Å²) in [6.07, 6.45) is 0. The van der Waals surface area contributed by atoms with Crippen LogP contribution in [0.4, 0.5) is 4.39 Å². The molecule has 1 N–H and O–H groups in total. The van der Waals surface area contributed by atoms with Gasteiger partial charge in [0.25, 0.3) is 0 Å². The van der Waals surface area contributed by atoms with Crippen LogP contribution in [0.5, 0.6) is 0 Å². The van der Waals surface area contributed by atoms with E-state index in [4.69, 9.17) is 0 Å². The molecule has 0 spiro atoms. The van der Waals surface area contributed by atoms with Gasteiger partial charge in [0.1, 0.15) is 11.2 Å². The van der Waals surface area contributed by atoms with Crippen molar-refractivity contribution in [2.75, 3.05) is 20.1 Å². The summed E-state index contributed by atoms with van der Waals surface area (Å²) in [5.74, 6) is -0.0903. The molecule has 1 amide bonds. The Kier molecular flexibility index (Phi) is 4.24. The molecule has 0 aliphatic carbocycles. The quantitative estimate of drug-likeness (QED) is 0.906. The van der Waals surface area contributed by atoms with E-state index in [2.05, 4.69) is 5.32 Å². The van der Waals surface area contributed by atoms with Crippen LogP contribution in [0.15, 0.2) is 24.3 Å². The first-order chi connectivity index (χ1) is 8.63. The fourth-order valence-corrected chi connectivity index (χ4v) is 3.33. The third-order valence-electron chi connectivity index (χ3n) is 3.00. The number of rotatable bonds is 4. The predicted octanol–water partition coefficient (Wildman–Crippen LogP) is 2.01. The van der Waals surface area contributed by atoms with Gasteiger partial charge in [-0.2, -0.15) is 0 Å². The Morgan fingerprint density at radius 3 is 2.67 bits per heavy atom. The van der Waals surface area contributed by atoms with E-state index in [-0.39, 0.29) is 22.3 Å². The lowest BCUT2D eigenvalue weighted by atomic mass is 10.2. The molecular weight excluding hydrogens is 251 g/mol. The van der Waals surface area contributed by atoms with Crippen molar-refractivity contribution >= 4 is 17.7 Å². The molecule has 5 heteroatoms. The minimum atomic E-state index is -0.247. The van der Waals surface area contributed by atoms with Crippen molar-refractivity contribution < 1.29 is 9.18 Å². The zero-order valence-electron chi connectivity index (χ0n) is 10.5. The Morgan fingerprint density at radius 2 is 2.06 bits per heavy atom. The maximum Gasteiger partial charge on any atom is 0.236 e. The molecule has 98 valence electrons. The lowest BCUT2D eigenvalue weighted by molar-refractivity contribution is -0.129. The zero-order chi connectivity index (χ0) is 13.1. The van der Waals surface area contributed by atoms with Gasteiger partial charge in [-0.05, 0) is 31.7 Å². The molecule has 2 rings (SSSR count). The fraction of sp³-hybridized carbons (Fsp3) is 0.462. The summed E-state index contributed by atoms with van der Waals surface area (Å²) < 4.78 is 12.9. The number of benzene rings is 1. The van der Waals surface area contributed by atoms with Gasteiger partial charge in [-0.15, -0.1) is 11.8 Å². The van der Waals surface area contributed by atoms with Crippen molar-refractivity contribution in [2.24, 2.45) is 0 Å².